The van der Waals surface area contributed by atoms with Crippen LogP contribution in [0.1, 0.15) is 36.8 Å². The highest BCUT2D eigenvalue weighted by Gasteiger charge is 2.32. The lowest BCUT2D eigenvalue weighted by molar-refractivity contribution is 0.142. The number of thioether (sulfide) groups is 1. The average molecular weight is 409 g/mol. The van der Waals surface area contributed by atoms with Gasteiger partial charge in [-0.2, -0.15) is 4.98 Å². The Labute approximate surface area is 174 Å². The summed E-state index contributed by atoms with van der Waals surface area (Å²) in [4.78, 5) is 20.5. The van der Waals surface area contributed by atoms with E-state index in [1.165, 1.54) is 0 Å². The summed E-state index contributed by atoms with van der Waals surface area (Å²) in [5.41, 5.74) is 2.84. The first kappa shape index (κ1) is 19.5. The van der Waals surface area contributed by atoms with Crippen LogP contribution in [0, 0.1) is 6.92 Å². The molecule has 0 aliphatic carbocycles. The second kappa shape index (κ2) is 8.69. The molecule has 2 aromatic carbocycles. The highest BCUT2D eigenvalue weighted by Crippen LogP contribution is 2.32. The van der Waals surface area contributed by atoms with Gasteiger partial charge in [-0.25, -0.2) is 4.79 Å². The van der Waals surface area contributed by atoms with E-state index in [-0.39, 0.29) is 12.1 Å². The first-order valence-corrected chi connectivity index (χ1v) is 11.0. The van der Waals surface area contributed by atoms with Gasteiger partial charge in [0.15, 0.2) is 0 Å². The molecule has 1 aliphatic rings. The molecule has 1 atom stereocenters. The van der Waals surface area contributed by atoms with Crippen LogP contribution in [0.2, 0.25) is 0 Å². The molecular weight excluding hydrogens is 384 g/mol. The predicted molar refractivity (Wildman–Crippen MR) is 115 cm³/mol. The van der Waals surface area contributed by atoms with E-state index < -0.39 is 0 Å². The molecule has 3 aromatic rings. The molecule has 150 valence electrons. The number of likely N-dealkylation sites (tertiary alicyclic amines) is 1. The monoisotopic (exact) mass is 408 g/mol. The number of hydrogen-bond acceptors (Lipinski definition) is 5. The second-order valence-electron chi connectivity index (χ2n) is 7.19. The maximum absolute atomic E-state index is 12.9. The van der Waals surface area contributed by atoms with Gasteiger partial charge in [-0.3, -0.25) is 0 Å². The van der Waals surface area contributed by atoms with Crippen LogP contribution in [0.15, 0.2) is 57.9 Å². The van der Waals surface area contributed by atoms with E-state index in [0.717, 1.165) is 41.0 Å². The Morgan fingerprint density at radius 2 is 2.03 bits per heavy atom. The molecule has 0 spiro atoms. The number of carbonyl (C=O) groups is 1. The minimum atomic E-state index is -0.208. The molecular formula is C22H24N4O2S. The van der Waals surface area contributed by atoms with Crippen LogP contribution >= 0.6 is 11.8 Å². The minimum absolute atomic E-state index is 0.137. The van der Waals surface area contributed by atoms with E-state index in [4.69, 9.17) is 4.52 Å². The van der Waals surface area contributed by atoms with Gasteiger partial charge >= 0.3 is 6.03 Å². The van der Waals surface area contributed by atoms with Crippen LogP contribution in [-0.4, -0.2) is 33.9 Å². The third-order valence-corrected chi connectivity index (χ3v) is 5.85. The molecule has 1 aliphatic heterocycles. The maximum Gasteiger partial charge on any atom is 0.322 e. The lowest BCUT2D eigenvalue weighted by Gasteiger charge is -2.33. The van der Waals surface area contributed by atoms with Crippen LogP contribution in [-0.2, 0) is 0 Å². The number of aromatic nitrogens is 2. The molecule has 6 nitrogen and oxygen atoms in total. The topological polar surface area (TPSA) is 71.3 Å². The highest BCUT2D eigenvalue weighted by molar-refractivity contribution is 7.98. The van der Waals surface area contributed by atoms with Gasteiger partial charge in [0.25, 0.3) is 0 Å². The van der Waals surface area contributed by atoms with Crippen LogP contribution in [0.4, 0.5) is 10.5 Å². The molecule has 7 heteroatoms. The molecule has 4 rings (SSSR count). The number of aryl methyl sites for hydroxylation is 1. The third-order valence-electron chi connectivity index (χ3n) is 5.11. The van der Waals surface area contributed by atoms with Crippen LogP contribution in [0.5, 0.6) is 0 Å². The summed E-state index contributed by atoms with van der Waals surface area (Å²) < 4.78 is 5.57. The van der Waals surface area contributed by atoms with Crippen molar-refractivity contribution in [2.75, 3.05) is 18.1 Å². The molecule has 1 saturated heterocycles. The van der Waals surface area contributed by atoms with Crippen LogP contribution in [0.3, 0.4) is 0 Å². The van der Waals surface area contributed by atoms with Gasteiger partial charge in [0.2, 0.25) is 11.7 Å². The van der Waals surface area contributed by atoms with Gasteiger partial charge in [0, 0.05) is 22.7 Å². The van der Waals surface area contributed by atoms with Gasteiger partial charge in [0.1, 0.15) is 6.04 Å². The van der Waals surface area contributed by atoms with Crippen molar-refractivity contribution in [1.29, 1.82) is 0 Å². The number of benzene rings is 2. The summed E-state index contributed by atoms with van der Waals surface area (Å²) in [5, 5.41) is 7.15. The first-order chi connectivity index (χ1) is 14.1. The zero-order valence-corrected chi connectivity index (χ0v) is 17.4. The van der Waals surface area contributed by atoms with Crippen molar-refractivity contribution < 1.29 is 9.32 Å². The number of anilines is 1. The third kappa shape index (κ3) is 4.45. The van der Waals surface area contributed by atoms with E-state index in [2.05, 4.69) is 15.5 Å². The summed E-state index contributed by atoms with van der Waals surface area (Å²) in [5.74, 6) is 1.05. The Bertz CT molecular complexity index is 986. The zero-order chi connectivity index (χ0) is 20.2. The number of nitrogens with zero attached hydrogens (tertiary/aromatic N) is 3. The molecule has 1 fully saturated rings. The Morgan fingerprint density at radius 3 is 2.79 bits per heavy atom. The molecule has 0 unspecified atom stereocenters. The van der Waals surface area contributed by atoms with Crippen LogP contribution < -0.4 is 5.32 Å². The molecule has 2 amide bonds. The van der Waals surface area contributed by atoms with Crippen molar-refractivity contribution in [3.8, 4) is 11.4 Å². The molecule has 29 heavy (non-hydrogen) atoms. The van der Waals surface area contributed by atoms with E-state index in [9.17, 15) is 4.79 Å². The fourth-order valence-corrected chi connectivity index (χ4v) is 3.98. The lowest BCUT2D eigenvalue weighted by atomic mass is 10.0. The highest BCUT2D eigenvalue weighted by atomic mass is 32.2. The van der Waals surface area contributed by atoms with Crippen molar-refractivity contribution in [1.82, 2.24) is 15.0 Å². The van der Waals surface area contributed by atoms with Crippen molar-refractivity contribution in [3.05, 3.63) is 60.0 Å². The first-order valence-electron chi connectivity index (χ1n) is 9.76. The molecule has 0 bridgehead atoms. The summed E-state index contributed by atoms with van der Waals surface area (Å²) in [6.45, 7) is 2.70. The number of piperidine rings is 1. The second-order valence-corrected chi connectivity index (χ2v) is 8.07. The summed E-state index contributed by atoms with van der Waals surface area (Å²) in [6.07, 6.45) is 4.84. The quantitative estimate of drug-likeness (QED) is 0.575. The Kier molecular flexibility index (Phi) is 5.85. The lowest BCUT2D eigenvalue weighted by Crippen LogP contribution is -2.41. The molecule has 1 N–H and O–H groups in total. The summed E-state index contributed by atoms with van der Waals surface area (Å²) in [7, 11) is 0. The number of rotatable bonds is 4. The van der Waals surface area contributed by atoms with E-state index in [1.807, 2.05) is 61.7 Å². The smallest absolute Gasteiger partial charge is 0.322 e. The summed E-state index contributed by atoms with van der Waals surface area (Å²) >= 11 is 1.67. The summed E-state index contributed by atoms with van der Waals surface area (Å²) in [6, 6.07) is 15.5. The fraction of sp³-hybridized carbons (Fsp3) is 0.318. The minimum Gasteiger partial charge on any atom is -0.337 e. The van der Waals surface area contributed by atoms with E-state index in [0.29, 0.717) is 18.3 Å². The van der Waals surface area contributed by atoms with Crippen molar-refractivity contribution in [3.63, 3.8) is 0 Å². The van der Waals surface area contributed by atoms with Gasteiger partial charge in [-0.1, -0.05) is 28.9 Å². The van der Waals surface area contributed by atoms with Crippen LogP contribution in [0.25, 0.3) is 11.4 Å². The largest absolute Gasteiger partial charge is 0.337 e. The molecule has 2 heterocycles. The van der Waals surface area contributed by atoms with Gasteiger partial charge in [-0.05, 0) is 62.8 Å². The Balaban J connectivity index is 1.52. The number of nitrogens with one attached hydrogen (secondary N) is 1. The van der Waals surface area contributed by atoms with Crippen molar-refractivity contribution in [2.45, 2.75) is 37.1 Å². The van der Waals surface area contributed by atoms with E-state index >= 15 is 0 Å². The van der Waals surface area contributed by atoms with Crippen molar-refractivity contribution in [2.24, 2.45) is 0 Å². The normalized spacial score (nSPS) is 16.6. The standard InChI is InChI=1S/C22H24N4O2S/c1-15-6-5-7-16(14-15)20-24-21(28-25-20)19-8-3-4-13-26(19)22(27)23-17-9-11-18(29-2)12-10-17/h5-7,9-12,14,19H,3-4,8,13H2,1-2H3,(H,23,27)/t19-/m1/s1. The Hall–Kier alpha value is -2.80. The van der Waals surface area contributed by atoms with Gasteiger partial charge in [-0.15, -0.1) is 11.8 Å². The van der Waals surface area contributed by atoms with E-state index in [1.54, 1.807) is 16.7 Å². The number of amides is 2. The number of hydrogen-bond donors (Lipinski definition) is 1. The van der Waals surface area contributed by atoms with Gasteiger partial charge < -0.3 is 14.7 Å². The average Bonchev–Trinajstić information content (AvgIpc) is 3.24. The maximum atomic E-state index is 12.9. The molecule has 1 aromatic heterocycles. The predicted octanol–water partition coefficient (Wildman–Crippen LogP) is 5.53. The Morgan fingerprint density at radius 1 is 1.21 bits per heavy atom. The van der Waals surface area contributed by atoms with Gasteiger partial charge in [0.05, 0.1) is 0 Å². The number of urea groups is 1. The molecule has 0 saturated carbocycles. The zero-order valence-electron chi connectivity index (χ0n) is 16.6. The van der Waals surface area contributed by atoms with Crippen molar-refractivity contribution >= 4 is 23.5 Å². The molecule has 0 radical (unpaired) electrons. The fourth-order valence-electron chi connectivity index (χ4n) is 3.57. The number of carbonyl (C=O) groups excluding carboxylic acids is 1. The SMILES string of the molecule is CSc1ccc(NC(=O)N2CCCC[C@@H]2c2nc(-c3cccc(C)c3)no2)cc1.